The van der Waals surface area contributed by atoms with Crippen LogP contribution in [-0.2, 0) is 4.79 Å². The summed E-state index contributed by atoms with van der Waals surface area (Å²) in [5.41, 5.74) is 0.569. The number of rotatable bonds is 4. The average molecular weight is 207 g/mol. The lowest BCUT2D eigenvalue weighted by Gasteiger charge is -2.06. The van der Waals surface area contributed by atoms with Crippen molar-refractivity contribution in [3.63, 3.8) is 0 Å². The summed E-state index contributed by atoms with van der Waals surface area (Å²) in [4.78, 5) is 10.9. The molecule has 0 saturated heterocycles. The second kappa shape index (κ2) is 5.18. The van der Waals surface area contributed by atoms with Crippen LogP contribution in [0.2, 0.25) is 0 Å². The smallest absolute Gasteiger partial charge is 0.512 e. The number of carbonyl (C=O) groups excluding carboxylic acids is 1. The summed E-state index contributed by atoms with van der Waals surface area (Å²) in [6.07, 6.45) is 1.15. The number of benzene rings is 1. The molecule has 0 aliphatic rings. The van der Waals surface area contributed by atoms with Crippen molar-refractivity contribution in [1.82, 2.24) is 0 Å². The first-order valence-corrected chi connectivity index (χ1v) is 4.18. The molecule has 15 heavy (non-hydrogen) atoms. The van der Waals surface area contributed by atoms with Crippen LogP contribution >= 0.6 is 0 Å². The lowest BCUT2D eigenvalue weighted by atomic mass is 10.2. The second-order valence-corrected chi connectivity index (χ2v) is 2.66. The fourth-order valence-corrected chi connectivity index (χ4v) is 0.932. The number of nitrogens with one attached hydrogen (secondary N) is 1. The zero-order valence-electron chi connectivity index (χ0n) is 7.88. The minimum absolute atomic E-state index is 0.293. The third-order valence-electron chi connectivity index (χ3n) is 1.55. The maximum atomic E-state index is 10.9. The van der Waals surface area contributed by atoms with Gasteiger partial charge in [0.1, 0.15) is 5.75 Å². The summed E-state index contributed by atoms with van der Waals surface area (Å²) in [6, 6.07) is 6.13. The Morgan fingerprint density at radius 1 is 1.40 bits per heavy atom. The normalized spacial score (nSPS) is 9.20. The lowest BCUT2D eigenvalue weighted by molar-refractivity contribution is -0.111. The maximum Gasteiger partial charge on any atom is 0.707 e. The van der Waals surface area contributed by atoms with Crippen LogP contribution in [0.15, 0.2) is 36.9 Å². The molecule has 5 nitrogen and oxygen atoms in total. The van der Waals surface area contributed by atoms with Gasteiger partial charge in [-0.1, -0.05) is 6.58 Å². The van der Waals surface area contributed by atoms with Crippen molar-refractivity contribution in [3.05, 3.63) is 36.9 Å². The zero-order valence-corrected chi connectivity index (χ0v) is 7.88. The molecule has 0 bridgehead atoms. The molecular formula is C9H10BNO4. The van der Waals surface area contributed by atoms with Crippen LogP contribution in [0.1, 0.15) is 0 Å². The van der Waals surface area contributed by atoms with Crippen LogP contribution in [0.4, 0.5) is 5.69 Å². The van der Waals surface area contributed by atoms with Gasteiger partial charge in [0.2, 0.25) is 5.91 Å². The van der Waals surface area contributed by atoms with E-state index in [1.54, 1.807) is 12.1 Å². The van der Waals surface area contributed by atoms with Crippen molar-refractivity contribution in [2.75, 3.05) is 5.32 Å². The first-order valence-electron chi connectivity index (χ1n) is 4.18. The zero-order chi connectivity index (χ0) is 11.3. The van der Waals surface area contributed by atoms with E-state index in [9.17, 15) is 4.79 Å². The third-order valence-corrected chi connectivity index (χ3v) is 1.55. The molecule has 0 fully saturated rings. The number of hydrogen-bond donors (Lipinski definition) is 3. The molecule has 0 unspecified atom stereocenters. The van der Waals surface area contributed by atoms with Crippen molar-refractivity contribution in [2.45, 2.75) is 0 Å². The van der Waals surface area contributed by atoms with E-state index in [-0.39, 0.29) is 5.91 Å². The predicted octanol–water partition coefficient (Wildman–Crippen LogP) is 0.159. The molecule has 1 aromatic carbocycles. The SMILES string of the molecule is C=CC(=O)Nc1ccc(OB(O)O)cc1. The van der Waals surface area contributed by atoms with Crippen molar-refractivity contribution in [3.8, 4) is 5.75 Å². The first-order chi connectivity index (χ1) is 7.11. The molecule has 1 rings (SSSR count). The van der Waals surface area contributed by atoms with Gasteiger partial charge in [-0.25, -0.2) is 0 Å². The van der Waals surface area contributed by atoms with Gasteiger partial charge in [-0.2, -0.15) is 0 Å². The standard InChI is InChI=1S/C9H10BNO4/c1-2-9(12)11-7-3-5-8(6-4-7)15-10(13)14/h2-6,13-14H,1H2,(H,11,12). The lowest BCUT2D eigenvalue weighted by Crippen LogP contribution is -2.20. The third kappa shape index (κ3) is 3.84. The highest BCUT2D eigenvalue weighted by Crippen LogP contribution is 2.15. The van der Waals surface area contributed by atoms with E-state index in [1.165, 1.54) is 12.1 Å². The number of carbonyl (C=O) groups is 1. The number of amides is 1. The van der Waals surface area contributed by atoms with Crippen LogP contribution in [0.3, 0.4) is 0 Å². The quantitative estimate of drug-likeness (QED) is 0.485. The van der Waals surface area contributed by atoms with E-state index in [2.05, 4.69) is 16.6 Å². The fourth-order valence-electron chi connectivity index (χ4n) is 0.932. The molecule has 0 radical (unpaired) electrons. The van der Waals surface area contributed by atoms with Crippen molar-refractivity contribution in [2.24, 2.45) is 0 Å². The van der Waals surface area contributed by atoms with Crippen molar-refractivity contribution >= 4 is 18.9 Å². The maximum absolute atomic E-state index is 10.9. The highest BCUT2D eigenvalue weighted by Gasteiger charge is 2.10. The van der Waals surface area contributed by atoms with E-state index in [4.69, 9.17) is 10.0 Å². The van der Waals surface area contributed by atoms with E-state index >= 15 is 0 Å². The summed E-state index contributed by atoms with van der Waals surface area (Å²) in [7, 11) is -1.85. The Hall–Kier alpha value is -1.79. The Morgan fingerprint density at radius 3 is 2.47 bits per heavy atom. The monoisotopic (exact) mass is 207 g/mol. The number of hydrogen-bond acceptors (Lipinski definition) is 4. The van der Waals surface area contributed by atoms with E-state index in [0.717, 1.165) is 6.08 Å². The van der Waals surface area contributed by atoms with Gasteiger partial charge in [-0.3, -0.25) is 4.79 Å². The average Bonchev–Trinajstić information content (AvgIpc) is 2.20. The van der Waals surface area contributed by atoms with Gasteiger partial charge in [-0.15, -0.1) is 0 Å². The molecular weight excluding hydrogens is 197 g/mol. The molecule has 0 atom stereocenters. The molecule has 0 spiro atoms. The minimum atomic E-state index is -1.85. The molecule has 0 aliphatic heterocycles. The van der Waals surface area contributed by atoms with Crippen molar-refractivity contribution < 1.29 is 19.5 Å². The molecule has 78 valence electrons. The molecule has 3 N–H and O–H groups in total. The van der Waals surface area contributed by atoms with Gasteiger partial charge in [0.15, 0.2) is 0 Å². The van der Waals surface area contributed by atoms with Crippen LogP contribution < -0.4 is 9.97 Å². The molecule has 0 saturated carbocycles. The predicted molar refractivity (Wildman–Crippen MR) is 56.1 cm³/mol. The summed E-state index contributed by atoms with van der Waals surface area (Å²) in [6.45, 7) is 3.31. The molecule has 6 heteroatoms. The van der Waals surface area contributed by atoms with Gasteiger partial charge in [-0.05, 0) is 30.3 Å². The topological polar surface area (TPSA) is 78.8 Å². The molecule has 1 amide bonds. The molecule has 0 aliphatic carbocycles. The van der Waals surface area contributed by atoms with Crippen LogP contribution in [0, 0.1) is 0 Å². The van der Waals surface area contributed by atoms with E-state index in [0.29, 0.717) is 11.4 Å². The number of anilines is 1. The Kier molecular flexibility index (Phi) is 3.90. The fraction of sp³-hybridized carbons (Fsp3) is 0. The van der Waals surface area contributed by atoms with E-state index < -0.39 is 7.32 Å². The van der Waals surface area contributed by atoms with Crippen LogP contribution in [-0.4, -0.2) is 23.3 Å². The second-order valence-electron chi connectivity index (χ2n) is 2.66. The molecule has 0 aromatic heterocycles. The van der Waals surface area contributed by atoms with E-state index in [1.807, 2.05) is 0 Å². The van der Waals surface area contributed by atoms with Crippen molar-refractivity contribution in [1.29, 1.82) is 0 Å². The summed E-state index contributed by atoms with van der Waals surface area (Å²) >= 11 is 0. The summed E-state index contributed by atoms with van der Waals surface area (Å²) in [5, 5.41) is 19.6. The van der Waals surface area contributed by atoms with Gasteiger partial charge in [0, 0.05) is 5.69 Å². The van der Waals surface area contributed by atoms with Gasteiger partial charge < -0.3 is 20.0 Å². The minimum Gasteiger partial charge on any atom is -0.512 e. The Morgan fingerprint density at radius 2 is 2.00 bits per heavy atom. The summed E-state index contributed by atoms with van der Waals surface area (Å²) < 4.78 is 4.58. The Labute approximate surface area is 87.2 Å². The largest absolute Gasteiger partial charge is 0.707 e. The van der Waals surface area contributed by atoms with Crippen LogP contribution in [0.25, 0.3) is 0 Å². The highest BCUT2D eigenvalue weighted by atomic mass is 16.6. The van der Waals surface area contributed by atoms with Gasteiger partial charge >= 0.3 is 7.32 Å². The summed E-state index contributed by atoms with van der Waals surface area (Å²) in [5.74, 6) is -0.0209. The Bertz CT molecular complexity index is 350. The van der Waals surface area contributed by atoms with Gasteiger partial charge in [0.05, 0.1) is 0 Å². The molecule has 1 aromatic rings. The Balaban J connectivity index is 2.63. The molecule has 0 heterocycles. The van der Waals surface area contributed by atoms with Gasteiger partial charge in [0.25, 0.3) is 0 Å². The van der Waals surface area contributed by atoms with Crippen LogP contribution in [0.5, 0.6) is 5.75 Å². The first kappa shape index (κ1) is 11.3. The highest BCUT2D eigenvalue weighted by molar-refractivity contribution is 6.33.